The zero-order chi connectivity index (χ0) is 25.3. The highest BCUT2D eigenvalue weighted by Crippen LogP contribution is 2.19. The van der Waals surface area contributed by atoms with Crippen LogP contribution in [-0.4, -0.2) is 82.0 Å². The van der Waals surface area contributed by atoms with Crippen molar-refractivity contribution in [3.8, 4) is 0 Å². The lowest BCUT2D eigenvalue weighted by molar-refractivity contribution is -0.143. The average molecular weight is 478 g/mol. The SMILES string of the molecule is NC(=O)CCC(N)C(=O)N1CCCC1C(=O)NC(CO)C(=O)NC(Cc1ccccc1)C(=O)O. The molecule has 0 spiro atoms. The molecule has 1 heterocycles. The molecule has 1 fully saturated rings. The molecule has 2 rings (SSSR count). The van der Waals surface area contributed by atoms with Gasteiger partial charge in [-0.05, 0) is 24.8 Å². The number of primary amides is 1. The molecular formula is C22H31N5O7. The third-order valence-corrected chi connectivity index (χ3v) is 5.57. The first-order chi connectivity index (χ1) is 16.1. The van der Waals surface area contributed by atoms with Gasteiger partial charge in [-0.2, -0.15) is 0 Å². The summed E-state index contributed by atoms with van der Waals surface area (Å²) >= 11 is 0. The number of carboxylic acid groups (broad SMARTS) is 1. The maximum atomic E-state index is 12.8. The molecule has 1 saturated heterocycles. The number of aliphatic hydroxyl groups excluding tert-OH is 1. The van der Waals surface area contributed by atoms with Gasteiger partial charge in [-0.15, -0.1) is 0 Å². The summed E-state index contributed by atoms with van der Waals surface area (Å²) in [5.41, 5.74) is 11.6. The highest BCUT2D eigenvalue weighted by atomic mass is 16.4. The van der Waals surface area contributed by atoms with Crippen molar-refractivity contribution in [1.82, 2.24) is 15.5 Å². The fraction of sp³-hybridized carbons (Fsp3) is 0.500. The van der Waals surface area contributed by atoms with Crippen molar-refractivity contribution in [1.29, 1.82) is 0 Å². The van der Waals surface area contributed by atoms with Gasteiger partial charge in [0.05, 0.1) is 12.6 Å². The summed E-state index contributed by atoms with van der Waals surface area (Å²) in [5, 5.41) is 23.8. The van der Waals surface area contributed by atoms with E-state index in [1.54, 1.807) is 30.3 Å². The van der Waals surface area contributed by atoms with Crippen LogP contribution in [0.2, 0.25) is 0 Å². The second-order valence-electron chi connectivity index (χ2n) is 8.13. The number of nitrogens with one attached hydrogen (secondary N) is 2. The summed E-state index contributed by atoms with van der Waals surface area (Å²) in [7, 11) is 0. The molecule has 0 aromatic heterocycles. The summed E-state index contributed by atoms with van der Waals surface area (Å²) in [6, 6.07) is 4.08. The number of carbonyl (C=O) groups excluding carboxylic acids is 4. The number of amides is 4. The first-order valence-corrected chi connectivity index (χ1v) is 11.0. The van der Waals surface area contributed by atoms with Crippen LogP contribution in [0.15, 0.2) is 30.3 Å². The fourth-order valence-electron chi connectivity index (χ4n) is 3.72. The van der Waals surface area contributed by atoms with Crippen LogP contribution < -0.4 is 22.1 Å². The highest BCUT2D eigenvalue weighted by Gasteiger charge is 2.37. The predicted octanol–water partition coefficient (Wildman–Crippen LogP) is -2.14. The Hall–Kier alpha value is -3.51. The number of nitrogens with two attached hydrogens (primary N) is 2. The summed E-state index contributed by atoms with van der Waals surface area (Å²) in [6.45, 7) is -0.497. The lowest BCUT2D eigenvalue weighted by Crippen LogP contribution is -2.57. The number of aliphatic carboxylic acids is 1. The van der Waals surface area contributed by atoms with Crippen LogP contribution in [0.25, 0.3) is 0 Å². The van der Waals surface area contributed by atoms with Gasteiger partial charge in [0.15, 0.2) is 0 Å². The maximum absolute atomic E-state index is 12.8. The summed E-state index contributed by atoms with van der Waals surface area (Å²) in [6.07, 6.45) is 0.838. The standard InChI is InChI=1S/C22H31N5O7/c23-14(8-9-18(24)29)21(32)27-10-4-7-17(27)20(31)26-16(12-28)19(30)25-15(22(33)34)11-13-5-2-1-3-6-13/h1-3,5-6,14-17,28H,4,7-12,23H2,(H2,24,29)(H,25,30)(H,26,31)(H,33,34). The lowest BCUT2D eigenvalue weighted by Gasteiger charge is -2.28. The Balaban J connectivity index is 2.00. The molecule has 0 saturated carbocycles. The molecule has 1 aliphatic heterocycles. The first-order valence-electron chi connectivity index (χ1n) is 11.0. The van der Waals surface area contributed by atoms with Gasteiger partial charge in [-0.1, -0.05) is 30.3 Å². The molecule has 4 amide bonds. The largest absolute Gasteiger partial charge is 0.480 e. The van der Waals surface area contributed by atoms with Crippen molar-refractivity contribution < 1.29 is 34.2 Å². The number of likely N-dealkylation sites (tertiary alicyclic amines) is 1. The van der Waals surface area contributed by atoms with Crippen molar-refractivity contribution in [2.24, 2.45) is 11.5 Å². The second kappa shape index (κ2) is 12.7. The number of carbonyl (C=O) groups is 5. The van der Waals surface area contributed by atoms with Gasteiger partial charge in [0.1, 0.15) is 18.1 Å². The Bertz CT molecular complexity index is 895. The molecule has 8 N–H and O–H groups in total. The minimum atomic E-state index is -1.41. The summed E-state index contributed by atoms with van der Waals surface area (Å²) in [4.78, 5) is 61.9. The quantitative estimate of drug-likeness (QED) is 0.195. The van der Waals surface area contributed by atoms with Crippen LogP contribution in [0.1, 0.15) is 31.2 Å². The van der Waals surface area contributed by atoms with E-state index in [1.807, 2.05) is 0 Å². The zero-order valence-electron chi connectivity index (χ0n) is 18.7. The number of aliphatic hydroxyl groups is 1. The number of hydrogen-bond acceptors (Lipinski definition) is 7. The number of rotatable bonds is 12. The van der Waals surface area contributed by atoms with Gasteiger partial charge in [0.25, 0.3) is 0 Å². The van der Waals surface area contributed by atoms with Gasteiger partial charge in [-0.25, -0.2) is 4.79 Å². The molecule has 12 nitrogen and oxygen atoms in total. The molecule has 1 aromatic carbocycles. The Morgan fingerprint density at radius 1 is 1.09 bits per heavy atom. The number of nitrogens with zero attached hydrogens (tertiary/aromatic N) is 1. The normalized spacial score (nSPS) is 17.9. The topological polar surface area (TPSA) is 205 Å². The molecule has 34 heavy (non-hydrogen) atoms. The van der Waals surface area contributed by atoms with Crippen LogP contribution in [0, 0.1) is 0 Å². The highest BCUT2D eigenvalue weighted by molar-refractivity contribution is 5.94. The van der Waals surface area contributed by atoms with E-state index in [0.29, 0.717) is 18.4 Å². The number of carboxylic acids is 1. The maximum Gasteiger partial charge on any atom is 0.326 e. The zero-order valence-corrected chi connectivity index (χ0v) is 18.7. The molecule has 1 aromatic rings. The van der Waals surface area contributed by atoms with E-state index in [2.05, 4.69) is 10.6 Å². The van der Waals surface area contributed by atoms with Gasteiger partial charge < -0.3 is 37.2 Å². The van der Waals surface area contributed by atoms with Crippen LogP contribution in [0.5, 0.6) is 0 Å². The molecule has 0 bridgehead atoms. The minimum Gasteiger partial charge on any atom is -0.480 e. The van der Waals surface area contributed by atoms with E-state index >= 15 is 0 Å². The Labute approximate surface area is 196 Å². The van der Waals surface area contributed by atoms with Gasteiger partial charge >= 0.3 is 5.97 Å². The van der Waals surface area contributed by atoms with Crippen LogP contribution in [0.3, 0.4) is 0 Å². The van der Waals surface area contributed by atoms with E-state index in [9.17, 15) is 34.2 Å². The van der Waals surface area contributed by atoms with E-state index in [-0.39, 0.29) is 25.8 Å². The van der Waals surface area contributed by atoms with E-state index in [0.717, 1.165) is 0 Å². The molecular weight excluding hydrogens is 446 g/mol. The third kappa shape index (κ3) is 7.52. The van der Waals surface area contributed by atoms with Crippen LogP contribution >= 0.6 is 0 Å². The molecule has 4 atom stereocenters. The molecule has 186 valence electrons. The van der Waals surface area contributed by atoms with Crippen molar-refractivity contribution >= 4 is 29.6 Å². The second-order valence-corrected chi connectivity index (χ2v) is 8.13. The Morgan fingerprint density at radius 2 is 1.76 bits per heavy atom. The predicted molar refractivity (Wildman–Crippen MR) is 120 cm³/mol. The third-order valence-electron chi connectivity index (χ3n) is 5.57. The fourth-order valence-corrected chi connectivity index (χ4v) is 3.72. The number of benzene rings is 1. The monoisotopic (exact) mass is 477 g/mol. The summed E-state index contributed by atoms with van der Waals surface area (Å²) < 4.78 is 0. The Morgan fingerprint density at radius 3 is 2.35 bits per heavy atom. The van der Waals surface area contributed by atoms with Crippen molar-refractivity contribution in [3.63, 3.8) is 0 Å². The number of hydrogen-bond donors (Lipinski definition) is 6. The van der Waals surface area contributed by atoms with Crippen molar-refractivity contribution in [2.45, 2.75) is 56.3 Å². The molecule has 4 unspecified atom stereocenters. The molecule has 12 heteroatoms. The van der Waals surface area contributed by atoms with Crippen LogP contribution in [0.4, 0.5) is 0 Å². The first kappa shape index (κ1) is 26.7. The van der Waals surface area contributed by atoms with E-state index in [1.165, 1.54) is 4.90 Å². The molecule has 0 radical (unpaired) electrons. The van der Waals surface area contributed by atoms with Gasteiger partial charge in [0.2, 0.25) is 23.6 Å². The van der Waals surface area contributed by atoms with Crippen LogP contribution in [-0.2, 0) is 30.4 Å². The minimum absolute atomic E-state index is 0.0160. The molecule has 0 aliphatic carbocycles. The average Bonchev–Trinajstić information content (AvgIpc) is 3.30. The van der Waals surface area contributed by atoms with Gasteiger partial charge in [0, 0.05) is 19.4 Å². The van der Waals surface area contributed by atoms with Gasteiger partial charge in [-0.3, -0.25) is 19.2 Å². The van der Waals surface area contributed by atoms with Crippen molar-refractivity contribution in [2.75, 3.05) is 13.2 Å². The van der Waals surface area contributed by atoms with E-state index in [4.69, 9.17) is 11.5 Å². The lowest BCUT2D eigenvalue weighted by atomic mass is 10.1. The van der Waals surface area contributed by atoms with Crippen molar-refractivity contribution in [3.05, 3.63) is 35.9 Å². The summed E-state index contributed by atoms with van der Waals surface area (Å²) in [5.74, 6) is -3.91. The smallest absolute Gasteiger partial charge is 0.326 e. The Kier molecular flexibility index (Phi) is 9.95. The molecule has 1 aliphatic rings. The van der Waals surface area contributed by atoms with E-state index < -0.39 is 60.4 Å².